The Morgan fingerprint density at radius 3 is 2.51 bits per heavy atom. The minimum Gasteiger partial charge on any atom is -0.488 e. The molecule has 0 saturated heterocycles. The summed E-state index contributed by atoms with van der Waals surface area (Å²) in [6.45, 7) is 1.19. The van der Waals surface area contributed by atoms with Gasteiger partial charge >= 0.3 is 5.97 Å². The van der Waals surface area contributed by atoms with Crippen LogP contribution in [0.4, 0.5) is 8.78 Å². The predicted molar refractivity (Wildman–Crippen MR) is 121 cm³/mol. The summed E-state index contributed by atoms with van der Waals surface area (Å²) in [5.41, 5.74) is 0.518. The number of aliphatic hydroxyl groups excluding tert-OH is 1. The highest BCUT2D eigenvalue weighted by Crippen LogP contribution is 2.31. The first-order valence-electron chi connectivity index (χ1n) is 10.8. The number of hydrogen-bond acceptors (Lipinski definition) is 7. The topological polar surface area (TPSA) is 93.1 Å². The highest BCUT2D eigenvalue weighted by molar-refractivity contribution is 6.00. The fraction of sp³-hybridized carbons (Fsp3) is 0.269. The molecule has 3 rings (SSSR count). The lowest BCUT2D eigenvalue weighted by molar-refractivity contribution is -0.138. The Morgan fingerprint density at radius 1 is 1.17 bits per heavy atom. The number of nitrogens with zero attached hydrogens (tertiary/aromatic N) is 1. The van der Waals surface area contributed by atoms with Crippen LogP contribution in [0.2, 0.25) is 0 Å². The molecule has 0 aromatic heterocycles. The molecule has 1 heterocycles. The molecule has 1 aliphatic rings. The Kier molecular flexibility index (Phi) is 8.48. The highest BCUT2D eigenvalue weighted by Gasteiger charge is 2.38. The van der Waals surface area contributed by atoms with Crippen LogP contribution in [0.3, 0.4) is 0 Å². The summed E-state index contributed by atoms with van der Waals surface area (Å²) in [6, 6.07) is 12.0. The molecule has 2 unspecified atom stereocenters. The van der Waals surface area contributed by atoms with Gasteiger partial charge in [-0.3, -0.25) is 4.79 Å². The van der Waals surface area contributed by atoms with Crippen LogP contribution in [0, 0.1) is 17.6 Å². The second kappa shape index (κ2) is 11.5. The molecular weight excluding hydrogens is 460 g/mol. The second-order valence-corrected chi connectivity index (χ2v) is 7.99. The molecule has 2 aromatic rings. The van der Waals surface area contributed by atoms with Gasteiger partial charge in [0.25, 0.3) is 0 Å². The molecule has 2 atom stereocenters. The second-order valence-electron chi connectivity index (χ2n) is 7.99. The van der Waals surface area contributed by atoms with E-state index in [1.807, 2.05) is 6.07 Å². The van der Waals surface area contributed by atoms with Crippen LogP contribution in [-0.4, -0.2) is 47.8 Å². The van der Waals surface area contributed by atoms with Crippen LogP contribution in [0.5, 0.6) is 0 Å². The van der Waals surface area contributed by atoms with E-state index in [2.05, 4.69) is 0 Å². The Hall–Kier alpha value is -3.85. The Balaban J connectivity index is 1.93. The van der Waals surface area contributed by atoms with Gasteiger partial charge in [-0.1, -0.05) is 43.3 Å². The number of carbonyl (C=O) groups excluding carboxylic acids is 3. The first-order valence-corrected chi connectivity index (χ1v) is 10.8. The predicted octanol–water partition coefficient (Wildman–Crippen LogP) is 3.07. The van der Waals surface area contributed by atoms with E-state index in [9.17, 15) is 28.3 Å². The number of ketones is 1. The minimum absolute atomic E-state index is 0.0273. The van der Waals surface area contributed by atoms with Gasteiger partial charge in [0.05, 0.1) is 13.7 Å². The highest BCUT2D eigenvalue weighted by atomic mass is 19.1. The SMILES string of the molecule is COC(=O)C1=C(OCc2ccccc2)C(O)C(C(=O)C(C)Cc2ccc(F)cc2F)=CN1CC=O. The summed E-state index contributed by atoms with van der Waals surface area (Å²) in [7, 11) is 1.14. The average molecular weight is 485 g/mol. The van der Waals surface area contributed by atoms with Gasteiger partial charge in [-0.25, -0.2) is 13.6 Å². The third kappa shape index (κ3) is 5.99. The fourth-order valence-electron chi connectivity index (χ4n) is 3.73. The van der Waals surface area contributed by atoms with Crippen molar-refractivity contribution in [3.05, 3.63) is 94.5 Å². The van der Waals surface area contributed by atoms with Gasteiger partial charge in [0.15, 0.2) is 17.2 Å². The summed E-state index contributed by atoms with van der Waals surface area (Å²) in [6.07, 6.45) is 0.0197. The largest absolute Gasteiger partial charge is 0.488 e. The maximum absolute atomic E-state index is 14.1. The molecule has 35 heavy (non-hydrogen) atoms. The number of hydrogen-bond donors (Lipinski definition) is 1. The first-order chi connectivity index (χ1) is 16.8. The smallest absolute Gasteiger partial charge is 0.358 e. The van der Waals surface area contributed by atoms with Gasteiger partial charge in [-0.2, -0.15) is 0 Å². The average Bonchev–Trinajstić information content (AvgIpc) is 2.85. The molecule has 184 valence electrons. The van der Waals surface area contributed by atoms with E-state index in [0.717, 1.165) is 24.8 Å². The molecule has 0 saturated carbocycles. The van der Waals surface area contributed by atoms with Gasteiger partial charge < -0.3 is 24.3 Å². The fourth-order valence-corrected chi connectivity index (χ4v) is 3.73. The van der Waals surface area contributed by atoms with Crippen molar-refractivity contribution in [1.82, 2.24) is 4.90 Å². The number of benzene rings is 2. The van der Waals surface area contributed by atoms with Crippen LogP contribution < -0.4 is 0 Å². The van der Waals surface area contributed by atoms with E-state index < -0.39 is 35.4 Å². The Morgan fingerprint density at radius 2 is 1.89 bits per heavy atom. The number of aliphatic hydroxyl groups is 1. The zero-order valence-corrected chi connectivity index (χ0v) is 19.2. The zero-order valence-electron chi connectivity index (χ0n) is 19.2. The standard InChI is InChI=1S/C26H25F2NO6/c1-16(12-18-8-9-19(27)13-21(18)28)23(31)20-14-29(10-11-30)22(26(33)34-2)25(24(20)32)35-15-17-6-4-3-5-7-17/h3-9,11,13-14,16,24,32H,10,12,15H2,1-2H3. The number of rotatable bonds is 10. The third-order valence-electron chi connectivity index (χ3n) is 5.52. The summed E-state index contributed by atoms with van der Waals surface area (Å²) in [5, 5.41) is 11.1. The van der Waals surface area contributed by atoms with E-state index in [-0.39, 0.29) is 42.2 Å². The van der Waals surface area contributed by atoms with Crippen molar-refractivity contribution >= 4 is 18.0 Å². The van der Waals surface area contributed by atoms with Crippen molar-refractivity contribution < 1.29 is 37.7 Å². The molecule has 0 amide bonds. The molecule has 1 aliphatic heterocycles. The Bertz CT molecular complexity index is 1160. The summed E-state index contributed by atoms with van der Waals surface area (Å²) in [4.78, 5) is 38.3. The van der Waals surface area contributed by atoms with Crippen LogP contribution in [0.15, 0.2) is 71.8 Å². The minimum atomic E-state index is -1.64. The van der Waals surface area contributed by atoms with Crippen molar-refractivity contribution in [1.29, 1.82) is 0 Å². The maximum atomic E-state index is 14.1. The maximum Gasteiger partial charge on any atom is 0.358 e. The van der Waals surface area contributed by atoms with Crippen LogP contribution in [0.1, 0.15) is 18.1 Å². The van der Waals surface area contributed by atoms with Crippen molar-refractivity contribution in [3.8, 4) is 0 Å². The number of aldehydes is 1. The molecule has 0 spiro atoms. The summed E-state index contributed by atoms with van der Waals surface area (Å²) >= 11 is 0. The number of halogens is 2. The van der Waals surface area contributed by atoms with Gasteiger partial charge in [-0.15, -0.1) is 0 Å². The molecule has 0 aliphatic carbocycles. The van der Waals surface area contributed by atoms with Gasteiger partial charge in [0.1, 0.15) is 30.6 Å². The number of carbonyl (C=O) groups is 3. The van der Waals surface area contributed by atoms with E-state index in [4.69, 9.17) is 9.47 Å². The van der Waals surface area contributed by atoms with Crippen molar-refractivity contribution in [2.24, 2.45) is 5.92 Å². The number of ether oxygens (including phenoxy) is 2. The van der Waals surface area contributed by atoms with E-state index >= 15 is 0 Å². The van der Waals surface area contributed by atoms with Crippen LogP contribution in [-0.2, 0) is 36.9 Å². The monoisotopic (exact) mass is 485 g/mol. The van der Waals surface area contributed by atoms with Crippen LogP contribution >= 0.6 is 0 Å². The van der Waals surface area contributed by atoms with E-state index in [0.29, 0.717) is 6.29 Å². The third-order valence-corrected chi connectivity index (χ3v) is 5.52. The van der Waals surface area contributed by atoms with E-state index in [1.165, 1.54) is 24.1 Å². The van der Waals surface area contributed by atoms with Gasteiger partial charge in [-0.05, 0) is 23.6 Å². The Labute approximate surface area is 201 Å². The molecular formula is C26H25F2NO6. The lowest BCUT2D eigenvalue weighted by atomic mass is 9.88. The molecule has 2 aromatic carbocycles. The van der Waals surface area contributed by atoms with Gasteiger partial charge in [0, 0.05) is 23.8 Å². The molecule has 0 fully saturated rings. The molecule has 7 nitrogen and oxygen atoms in total. The lowest BCUT2D eigenvalue weighted by Crippen LogP contribution is -2.39. The van der Waals surface area contributed by atoms with Crippen molar-refractivity contribution in [2.45, 2.75) is 26.1 Å². The molecule has 9 heteroatoms. The zero-order chi connectivity index (χ0) is 25.5. The van der Waals surface area contributed by atoms with Crippen molar-refractivity contribution in [3.63, 3.8) is 0 Å². The number of methoxy groups -OCH3 is 1. The summed E-state index contributed by atoms with van der Waals surface area (Å²) in [5.74, 6) is -4.00. The first kappa shape index (κ1) is 25.8. The van der Waals surface area contributed by atoms with E-state index in [1.54, 1.807) is 24.3 Å². The quantitative estimate of drug-likeness (QED) is 0.408. The van der Waals surface area contributed by atoms with Crippen LogP contribution in [0.25, 0.3) is 0 Å². The summed E-state index contributed by atoms with van der Waals surface area (Å²) < 4.78 is 37.9. The normalized spacial score (nSPS) is 16.4. The molecule has 0 radical (unpaired) electrons. The number of Topliss-reactive ketones (excluding diaryl/α,β-unsaturated/α-hetero) is 1. The molecule has 1 N–H and O–H groups in total. The van der Waals surface area contributed by atoms with Gasteiger partial charge in [0.2, 0.25) is 0 Å². The molecule has 0 bridgehead atoms. The number of esters is 1. The van der Waals surface area contributed by atoms with Crippen molar-refractivity contribution in [2.75, 3.05) is 13.7 Å². The lowest BCUT2D eigenvalue weighted by Gasteiger charge is -2.32.